The number of hydrogen-bond donors (Lipinski definition) is 0. The lowest BCUT2D eigenvalue weighted by Gasteiger charge is -2.15. The topological polar surface area (TPSA) is 59.2 Å². The predicted molar refractivity (Wildman–Crippen MR) is 101 cm³/mol. The maximum Gasteiger partial charge on any atom is 0.246 e. The Morgan fingerprint density at radius 1 is 1.19 bits per heavy atom. The Balaban J connectivity index is 1.57. The molecule has 3 heterocycles. The second kappa shape index (κ2) is 7.25. The van der Waals surface area contributed by atoms with Gasteiger partial charge in [-0.15, -0.1) is 11.3 Å². The van der Waals surface area contributed by atoms with E-state index < -0.39 is 0 Å². The summed E-state index contributed by atoms with van der Waals surface area (Å²) in [5.74, 6) is 1.40. The van der Waals surface area contributed by atoms with Crippen molar-refractivity contribution in [2.24, 2.45) is 0 Å². The maximum atomic E-state index is 12.7. The number of nitrogens with zero attached hydrogens (tertiary/aromatic N) is 3. The zero-order chi connectivity index (χ0) is 17.9. The van der Waals surface area contributed by atoms with Gasteiger partial charge in [-0.2, -0.15) is 4.98 Å². The lowest BCUT2D eigenvalue weighted by atomic mass is 9.89. The van der Waals surface area contributed by atoms with Crippen molar-refractivity contribution in [3.8, 4) is 0 Å². The van der Waals surface area contributed by atoms with E-state index in [1.165, 1.54) is 5.56 Å². The quantitative estimate of drug-likeness (QED) is 0.659. The Bertz CT molecular complexity index is 902. The van der Waals surface area contributed by atoms with Crippen LogP contribution in [0.4, 0.5) is 0 Å². The first kappa shape index (κ1) is 16.7. The van der Waals surface area contributed by atoms with Crippen LogP contribution in [0, 0.1) is 6.92 Å². The molecule has 3 aromatic rings. The van der Waals surface area contributed by atoms with Crippen LogP contribution in [0.3, 0.4) is 0 Å². The normalized spacial score (nSPS) is 20.1. The van der Waals surface area contributed by atoms with E-state index in [4.69, 9.17) is 4.52 Å². The Morgan fingerprint density at radius 2 is 2.00 bits per heavy atom. The van der Waals surface area contributed by atoms with E-state index in [1.807, 2.05) is 53.6 Å². The highest BCUT2D eigenvalue weighted by Crippen LogP contribution is 2.39. The molecule has 4 rings (SSSR count). The first-order valence-corrected chi connectivity index (χ1v) is 9.44. The molecule has 2 aromatic heterocycles. The van der Waals surface area contributed by atoms with Gasteiger partial charge in [0.2, 0.25) is 11.8 Å². The molecule has 1 saturated heterocycles. The van der Waals surface area contributed by atoms with Gasteiger partial charge >= 0.3 is 0 Å². The average molecular weight is 365 g/mol. The van der Waals surface area contributed by atoms with Crippen LogP contribution in [-0.4, -0.2) is 34.0 Å². The summed E-state index contributed by atoms with van der Waals surface area (Å²) in [6, 6.07) is 14.2. The van der Waals surface area contributed by atoms with Crippen molar-refractivity contribution in [3.05, 3.63) is 76.1 Å². The number of carbonyl (C=O) groups excluding carboxylic acids is 1. The zero-order valence-corrected chi connectivity index (χ0v) is 15.2. The highest BCUT2D eigenvalue weighted by atomic mass is 32.1. The number of rotatable bonds is 4. The number of benzene rings is 1. The van der Waals surface area contributed by atoms with Crippen molar-refractivity contribution in [2.45, 2.75) is 18.8 Å². The lowest BCUT2D eigenvalue weighted by Crippen LogP contribution is -2.26. The van der Waals surface area contributed by atoms with Gasteiger partial charge in [-0.05, 0) is 30.0 Å². The van der Waals surface area contributed by atoms with Crippen molar-refractivity contribution in [3.63, 3.8) is 0 Å². The molecule has 132 valence electrons. The van der Waals surface area contributed by atoms with Crippen LogP contribution in [0.5, 0.6) is 0 Å². The molecule has 0 N–H and O–H groups in total. The molecule has 1 aliphatic rings. The molecular formula is C20H19N3O2S. The minimum atomic E-state index is 0.0117. The number of aromatic nitrogens is 2. The number of aryl methyl sites for hydroxylation is 1. The van der Waals surface area contributed by atoms with Crippen LogP contribution < -0.4 is 0 Å². The minimum Gasteiger partial charge on any atom is -0.339 e. The Labute approximate surface area is 156 Å². The molecule has 0 spiro atoms. The van der Waals surface area contributed by atoms with E-state index in [1.54, 1.807) is 17.4 Å². The van der Waals surface area contributed by atoms with Crippen LogP contribution in [0.25, 0.3) is 6.08 Å². The molecule has 2 atom stereocenters. The molecule has 1 aromatic carbocycles. The minimum absolute atomic E-state index is 0.0117. The average Bonchev–Trinajstić information content (AvgIpc) is 3.40. The second-order valence-electron chi connectivity index (χ2n) is 6.40. The molecular weight excluding hydrogens is 346 g/mol. The van der Waals surface area contributed by atoms with E-state index in [0.29, 0.717) is 24.8 Å². The number of carbonyl (C=O) groups is 1. The summed E-state index contributed by atoms with van der Waals surface area (Å²) < 4.78 is 5.43. The van der Waals surface area contributed by atoms with E-state index in [-0.39, 0.29) is 17.7 Å². The van der Waals surface area contributed by atoms with E-state index in [0.717, 1.165) is 4.88 Å². The highest BCUT2D eigenvalue weighted by Gasteiger charge is 2.39. The monoisotopic (exact) mass is 365 g/mol. The van der Waals surface area contributed by atoms with Gasteiger partial charge in [0.05, 0.1) is 5.92 Å². The molecule has 1 amide bonds. The summed E-state index contributed by atoms with van der Waals surface area (Å²) in [5.41, 5.74) is 1.19. The van der Waals surface area contributed by atoms with Crippen molar-refractivity contribution < 1.29 is 9.32 Å². The van der Waals surface area contributed by atoms with Gasteiger partial charge in [0.15, 0.2) is 5.82 Å². The number of thiophene rings is 1. The molecule has 26 heavy (non-hydrogen) atoms. The third-order valence-electron chi connectivity index (χ3n) is 4.65. The smallest absolute Gasteiger partial charge is 0.246 e. The van der Waals surface area contributed by atoms with E-state index in [2.05, 4.69) is 22.3 Å². The van der Waals surface area contributed by atoms with Gasteiger partial charge in [0, 0.05) is 30.0 Å². The number of hydrogen-bond acceptors (Lipinski definition) is 5. The van der Waals surface area contributed by atoms with Gasteiger partial charge in [-0.25, -0.2) is 0 Å². The predicted octanol–water partition coefficient (Wildman–Crippen LogP) is 3.86. The Hall–Kier alpha value is -2.73. The van der Waals surface area contributed by atoms with E-state index in [9.17, 15) is 4.79 Å². The van der Waals surface area contributed by atoms with E-state index >= 15 is 0 Å². The van der Waals surface area contributed by atoms with Gasteiger partial charge in [0.25, 0.3) is 0 Å². The summed E-state index contributed by atoms with van der Waals surface area (Å²) in [6.45, 7) is 3.03. The van der Waals surface area contributed by atoms with Crippen LogP contribution in [0.2, 0.25) is 0 Å². The van der Waals surface area contributed by atoms with Crippen LogP contribution in [-0.2, 0) is 4.79 Å². The van der Waals surface area contributed by atoms with Crippen LogP contribution in [0.1, 0.15) is 34.0 Å². The fourth-order valence-corrected chi connectivity index (χ4v) is 4.00. The van der Waals surface area contributed by atoms with Crippen molar-refractivity contribution in [1.29, 1.82) is 0 Å². The molecule has 0 aliphatic carbocycles. The Morgan fingerprint density at radius 3 is 2.69 bits per heavy atom. The maximum absolute atomic E-state index is 12.7. The summed E-state index contributed by atoms with van der Waals surface area (Å²) in [5, 5.41) is 5.93. The third-order valence-corrected chi connectivity index (χ3v) is 5.49. The number of amides is 1. The summed E-state index contributed by atoms with van der Waals surface area (Å²) in [4.78, 5) is 20.0. The fraction of sp³-hybridized carbons (Fsp3) is 0.250. The van der Waals surface area contributed by atoms with Gasteiger partial charge in [-0.3, -0.25) is 4.79 Å². The summed E-state index contributed by atoms with van der Waals surface area (Å²) >= 11 is 1.61. The summed E-state index contributed by atoms with van der Waals surface area (Å²) in [7, 11) is 0. The first-order chi connectivity index (χ1) is 12.7. The molecule has 0 bridgehead atoms. The molecule has 6 heteroatoms. The molecule has 1 aliphatic heterocycles. The van der Waals surface area contributed by atoms with Gasteiger partial charge in [-0.1, -0.05) is 41.6 Å². The zero-order valence-electron chi connectivity index (χ0n) is 14.4. The third kappa shape index (κ3) is 3.46. The highest BCUT2D eigenvalue weighted by molar-refractivity contribution is 7.10. The van der Waals surface area contributed by atoms with Crippen molar-refractivity contribution in [2.75, 3.05) is 13.1 Å². The lowest BCUT2D eigenvalue weighted by molar-refractivity contribution is -0.125. The van der Waals surface area contributed by atoms with Crippen LogP contribution >= 0.6 is 11.3 Å². The molecule has 0 radical (unpaired) electrons. The Kier molecular flexibility index (Phi) is 4.67. The van der Waals surface area contributed by atoms with Crippen molar-refractivity contribution >= 4 is 23.3 Å². The molecule has 5 nitrogen and oxygen atoms in total. The van der Waals surface area contributed by atoms with Gasteiger partial charge in [0.1, 0.15) is 0 Å². The van der Waals surface area contributed by atoms with Gasteiger partial charge < -0.3 is 9.42 Å². The first-order valence-electron chi connectivity index (χ1n) is 8.56. The van der Waals surface area contributed by atoms with Crippen LogP contribution in [0.15, 0.2) is 58.4 Å². The van der Waals surface area contributed by atoms with Crippen molar-refractivity contribution in [1.82, 2.24) is 15.0 Å². The molecule has 0 saturated carbocycles. The molecule has 0 unspecified atom stereocenters. The standard InChI is InChI=1S/C20H19N3O2S/c1-14-21-20(25-22-14)18-13-23(12-17(18)15-6-3-2-4-7-15)19(24)10-9-16-8-5-11-26-16/h2-11,17-18H,12-13H2,1H3/b10-9-/t17-,18-/m1/s1. The second-order valence-corrected chi connectivity index (χ2v) is 7.37. The number of likely N-dealkylation sites (tertiary alicyclic amines) is 1. The summed E-state index contributed by atoms with van der Waals surface area (Å²) in [6.07, 6.45) is 3.52. The molecule has 1 fully saturated rings. The largest absolute Gasteiger partial charge is 0.339 e. The SMILES string of the molecule is Cc1noc([C@@H]2CN(C(=O)/C=C\c3cccs3)C[C@@H]2c2ccccc2)n1. The fourth-order valence-electron chi connectivity index (χ4n) is 3.38.